The highest BCUT2D eigenvalue weighted by molar-refractivity contribution is 6.42. The lowest BCUT2D eigenvalue weighted by Gasteiger charge is -2.13. The molecule has 1 aromatic carbocycles. The standard InChI is InChI=1S/C14H16Cl2N2O2/c1-8-13(14(20-3)18(2)17-8)12(19)7-9-4-5-10(15)11(16)6-9/h4-6,12,19H,7H2,1-3H3. The van der Waals surface area contributed by atoms with Gasteiger partial charge in [-0.25, -0.2) is 4.68 Å². The third kappa shape index (κ3) is 2.92. The van der Waals surface area contributed by atoms with Crippen molar-refractivity contribution in [3.63, 3.8) is 0 Å². The zero-order chi connectivity index (χ0) is 14.9. The summed E-state index contributed by atoms with van der Waals surface area (Å²) in [5.74, 6) is 0.565. The monoisotopic (exact) mass is 314 g/mol. The van der Waals surface area contributed by atoms with Crippen LogP contribution in [0.1, 0.15) is 22.9 Å². The van der Waals surface area contributed by atoms with E-state index in [1.807, 2.05) is 13.0 Å². The van der Waals surface area contributed by atoms with Gasteiger partial charge < -0.3 is 9.84 Å². The molecule has 0 bridgehead atoms. The number of hydrogen-bond donors (Lipinski definition) is 1. The van der Waals surface area contributed by atoms with Gasteiger partial charge in [0, 0.05) is 13.5 Å². The molecule has 0 fully saturated rings. The molecule has 1 heterocycles. The summed E-state index contributed by atoms with van der Waals surface area (Å²) in [4.78, 5) is 0. The van der Waals surface area contributed by atoms with Gasteiger partial charge in [-0.05, 0) is 24.6 Å². The number of nitrogens with zero attached hydrogens (tertiary/aromatic N) is 2. The van der Waals surface area contributed by atoms with E-state index < -0.39 is 6.10 Å². The topological polar surface area (TPSA) is 47.3 Å². The normalized spacial score (nSPS) is 12.5. The molecule has 0 spiro atoms. The highest BCUT2D eigenvalue weighted by Crippen LogP contribution is 2.31. The molecule has 108 valence electrons. The zero-order valence-electron chi connectivity index (χ0n) is 11.5. The Bertz CT molecular complexity index is 626. The number of ether oxygens (including phenoxy) is 1. The number of aliphatic hydroxyl groups excluding tert-OH is 1. The van der Waals surface area contributed by atoms with E-state index in [9.17, 15) is 5.11 Å². The maximum atomic E-state index is 10.4. The smallest absolute Gasteiger partial charge is 0.217 e. The molecule has 1 aromatic heterocycles. The first-order valence-electron chi connectivity index (χ1n) is 6.13. The Morgan fingerprint density at radius 3 is 2.65 bits per heavy atom. The van der Waals surface area contributed by atoms with Gasteiger partial charge in [0.15, 0.2) is 0 Å². The van der Waals surface area contributed by atoms with Crippen LogP contribution in [0.2, 0.25) is 10.0 Å². The predicted molar refractivity (Wildman–Crippen MR) is 79.6 cm³/mol. The van der Waals surface area contributed by atoms with Crippen molar-refractivity contribution >= 4 is 23.2 Å². The van der Waals surface area contributed by atoms with Crippen LogP contribution in [-0.2, 0) is 13.5 Å². The summed E-state index contributed by atoms with van der Waals surface area (Å²) in [5, 5.41) is 15.7. The fraction of sp³-hybridized carbons (Fsp3) is 0.357. The third-order valence-corrected chi connectivity index (χ3v) is 3.89. The number of methoxy groups -OCH3 is 1. The lowest BCUT2D eigenvalue weighted by Crippen LogP contribution is -2.05. The van der Waals surface area contributed by atoms with Gasteiger partial charge in [0.1, 0.15) is 0 Å². The number of benzene rings is 1. The molecule has 0 aliphatic carbocycles. The van der Waals surface area contributed by atoms with Gasteiger partial charge in [0.05, 0.1) is 34.5 Å². The number of aliphatic hydroxyl groups is 1. The van der Waals surface area contributed by atoms with Crippen molar-refractivity contribution in [1.29, 1.82) is 0 Å². The highest BCUT2D eigenvalue weighted by atomic mass is 35.5. The first-order valence-corrected chi connectivity index (χ1v) is 6.89. The number of aryl methyl sites for hydroxylation is 2. The Labute approximate surface area is 127 Å². The molecule has 2 rings (SSSR count). The maximum absolute atomic E-state index is 10.4. The molecule has 2 aromatic rings. The Morgan fingerprint density at radius 1 is 1.35 bits per heavy atom. The predicted octanol–water partition coefficient (Wildman–Crippen LogP) is 3.32. The van der Waals surface area contributed by atoms with Gasteiger partial charge in [0.2, 0.25) is 5.88 Å². The molecule has 20 heavy (non-hydrogen) atoms. The zero-order valence-corrected chi connectivity index (χ0v) is 13.0. The number of halogens is 2. The van der Waals surface area contributed by atoms with E-state index in [2.05, 4.69) is 5.10 Å². The Kier molecular flexibility index (Phi) is 4.58. The van der Waals surface area contributed by atoms with Crippen molar-refractivity contribution in [3.05, 3.63) is 45.1 Å². The van der Waals surface area contributed by atoms with Gasteiger partial charge >= 0.3 is 0 Å². The second-order valence-electron chi connectivity index (χ2n) is 4.60. The fourth-order valence-corrected chi connectivity index (χ4v) is 2.59. The lowest BCUT2D eigenvalue weighted by atomic mass is 10.0. The summed E-state index contributed by atoms with van der Waals surface area (Å²) >= 11 is 11.9. The van der Waals surface area contributed by atoms with Crippen molar-refractivity contribution in [1.82, 2.24) is 9.78 Å². The Balaban J connectivity index is 2.28. The van der Waals surface area contributed by atoms with E-state index >= 15 is 0 Å². The van der Waals surface area contributed by atoms with Crippen LogP contribution in [0.3, 0.4) is 0 Å². The van der Waals surface area contributed by atoms with E-state index in [4.69, 9.17) is 27.9 Å². The van der Waals surface area contributed by atoms with Gasteiger partial charge in [-0.3, -0.25) is 0 Å². The minimum Gasteiger partial charge on any atom is -0.481 e. The SMILES string of the molecule is COc1c(C(O)Cc2ccc(Cl)c(Cl)c2)c(C)nn1C. The average molecular weight is 315 g/mol. The summed E-state index contributed by atoms with van der Waals surface area (Å²) < 4.78 is 6.91. The average Bonchev–Trinajstić information content (AvgIpc) is 2.68. The minimum absolute atomic E-state index is 0.416. The van der Waals surface area contributed by atoms with Gasteiger partial charge in [-0.2, -0.15) is 5.10 Å². The quantitative estimate of drug-likeness (QED) is 0.941. The van der Waals surface area contributed by atoms with Crippen LogP contribution in [0, 0.1) is 6.92 Å². The van der Waals surface area contributed by atoms with Crippen LogP contribution in [-0.4, -0.2) is 22.0 Å². The maximum Gasteiger partial charge on any atom is 0.217 e. The summed E-state index contributed by atoms with van der Waals surface area (Å²) in [6, 6.07) is 5.32. The third-order valence-electron chi connectivity index (χ3n) is 3.15. The molecule has 0 amide bonds. The van der Waals surface area contributed by atoms with Gasteiger partial charge in [-0.1, -0.05) is 29.3 Å². The largest absolute Gasteiger partial charge is 0.481 e. The second-order valence-corrected chi connectivity index (χ2v) is 5.41. The molecule has 0 saturated carbocycles. The molecular formula is C14H16Cl2N2O2. The lowest BCUT2D eigenvalue weighted by molar-refractivity contribution is 0.172. The molecule has 1 unspecified atom stereocenters. The molecule has 0 saturated heterocycles. The molecule has 4 nitrogen and oxygen atoms in total. The summed E-state index contributed by atoms with van der Waals surface area (Å²) in [6.45, 7) is 1.84. The van der Waals surface area contributed by atoms with Gasteiger partial charge in [0.25, 0.3) is 0 Å². The highest BCUT2D eigenvalue weighted by Gasteiger charge is 2.21. The van der Waals surface area contributed by atoms with Crippen LogP contribution in [0.5, 0.6) is 5.88 Å². The first kappa shape index (κ1) is 15.2. The second kappa shape index (κ2) is 6.04. The number of aromatic nitrogens is 2. The van der Waals surface area contributed by atoms with Crippen molar-refractivity contribution in [3.8, 4) is 5.88 Å². The van der Waals surface area contributed by atoms with Crippen LogP contribution < -0.4 is 4.74 Å². The van der Waals surface area contributed by atoms with Gasteiger partial charge in [-0.15, -0.1) is 0 Å². The Morgan fingerprint density at radius 2 is 2.05 bits per heavy atom. The molecular weight excluding hydrogens is 299 g/mol. The van der Waals surface area contributed by atoms with Crippen molar-refractivity contribution in [2.24, 2.45) is 7.05 Å². The van der Waals surface area contributed by atoms with Crippen LogP contribution in [0.15, 0.2) is 18.2 Å². The fourth-order valence-electron chi connectivity index (χ4n) is 2.27. The van der Waals surface area contributed by atoms with Crippen LogP contribution >= 0.6 is 23.2 Å². The van der Waals surface area contributed by atoms with E-state index in [0.717, 1.165) is 11.3 Å². The van der Waals surface area contributed by atoms with Crippen LogP contribution in [0.25, 0.3) is 0 Å². The molecule has 0 aliphatic rings. The van der Waals surface area contributed by atoms with E-state index in [-0.39, 0.29) is 0 Å². The van der Waals surface area contributed by atoms with Crippen LogP contribution in [0.4, 0.5) is 0 Å². The van der Waals surface area contributed by atoms with E-state index in [1.54, 1.807) is 31.0 Å². The first-order chi connectivity index (χ1) is 9.43. The summed E-state index contributed by atoms with van der Waals surface area (Å²) in [7, 11) is 3.34. The molecule has 1 N–H and O–H groups in total. The molecule has 6 heteroatoms. The summed E-state index contributed by atoms with van der Waals surface area (Å²) in [6.07, 6.45) is -0.296. The molecule has 0 aliphatic heterocycles. The minimum atomic E-state index is -0.712. The molecule has 0 radical (unpaired) electrons. The Hall–Kier alpha value is -1.23. The van der Waals surface area contributed by atoms with Crippen molar-refractivity contribution in [2.45, 2.75) is 19.4 Å². The summed E-state index contributed by atoms with van der Waals surface area (Å²) in [5.41, 5.74) is 2.34. The van der Waals surface area contributed by atoms with Crippen molar-refractivity contribution in [2.75, 3.05) is 7.11 Å². The number of hydrogen-bond acceptors (Lipinski definition) is 3. The van der Waals surface area contributed by atoms with E-state index in [1.165, 1.54) is 0 Å². The van der Waals surface area contributed by atoms with E-state index in [0.29, 0.717) is 27.9 Å². The molecule has 1 atom stereocenters. The van der Waals surface area contributed by atoms with Crippen molar-refractivity contribution < 1.29 is 9.84 Å². The number of rotatable bonds is 4.